The Kier molecular flexibility index (Phi) is 6.03. The van der Waals surface area contributed by atoms with Crippen LogP contribution in [0.4, 0.5) is 5.13 Å². The Labute approximate surface area is 189 Å². The fraction of sp³-hybridized carbons (Fsp3) is 0.364. The zero-order valence-electron chi connectivity index (χ0n) is 17.6. The third kappa shape index (κ3) is 3.93. The molecule has 7 nitrogen and oxygen atoms in total. The van der Waals surface area contributed by atoms with Gasteiger partial charge < -0.3 is 10.5 Å². The molecule has 160 valence electrons. The second-order valence-corrected chi connectivity index (χ2v) is 10.4. The molecule has 2 heterocycles. The van der Waals surface area contributed by atoms with E-state index >= 15 is 0 Å². The Hall–Kier alpha value is -2.83. The van der Waals surface area contributed by atoms with Gasteiger partial charge in [0.1, 0.15) is 11.6 Å². The van der Waals surface area contributed by atoms with E-state index in [-0.39, 0.29) is 5.78 Å². The number of hydrogen-bond donors (Lipinski definition) is 1. The van der Waals surface area contributed by atoms with Crippen LogP contribution in [0.1, 0.15) is 44.6 Å². The molecule has 9 heteroatoms. The molecule has 1 atom stereocenters. The number of ether oxygens (including phenoxy) is 1. The second kappa shape index (κ2) is 8.73. The van der Waals surface area contributed by atoms with E-state index in [4.69, 9.17) is 10.5 Å². The molecular formula is C22H23N5O2S2. The van der Waals surface area contributed by atoms with Gasteiger partial charge in [-0.3, -0.25) is 9.69 Å². The number of rotatable bonds is 5. The van der Waals surface area contributed by atoms with Gasteiger partial charge in [-0.25, -0.2) is 0 Å². The molecule has 1 aliphatic heterocycles. The van der Waals surface area contributed by atoms with Crippen LogP contribution in [-0.2, 0) is 4.79 Å². The number of nitrogens with zero attached hydrogens (tertiary/aromatic N) is 4. The van der Waals surface area contributed by atoms with Crippen LogP contribution in [0.3, 0.4) is 0 Å². The number of carbonyl (C=O) groups excluding carboxylic acids is 1. The van der Waals surface area contributed by atoms with Crippen molar-refractivity contribution in [3.05, 3.63) is 52.5 Å². The predicted octanol–water partition coefficient (Wildman–Crippen LogP) is 4.35. The molecule has 0 saturated heterocycles. The molecule has 2 N–H and O–H groups in total. The fourth-order valence-corrected chi connectivity index (χ4v) is 6.11. The first kappa shape index (κ1) is 21.4. The maximum Gasteiger partial charge on any atom is 0.219 e. The zero-order valence-corrected chi connectivity index (χ0v) is 19.2. The molecule has 2 aliphatic rings. The summed E-state index contributed by atoms with van der Waals surface area (Å²) in [6.07, 6.45) is 1.88. The summed E-state index contributed by atoms with van der Waals surface area (Å²) < 4.78 is 6.20. The summed E-state index contributed by atoms with van der Waals surface area (Å²) in [4.78, 5) is 14.9. The van der Waals surface area contributed by atoms with Crippen LogP contribution in [0.2, 0.25) is 0 Å². The number of ketones is 1. The van der Waals surface area contributed by atoms with Gasteiger partial charge in [0.25, 0.3) is 0 Å². The highest BCUT2D eigenvalue weighted by atomic mass is 32.2. The van der Waals surface area contributed by atoms with E-state index in [1.54, 1.807) is 23.8 Å². The molecule has 0 amide bonds. The SMILES string of the molecule is COc1cccc(C2C(C#N)=C(N)N(c3nnc(SC(C)C)s3)C3=C2C(=O)CCC3)c1. The van der Waals surface area contributed by atoms with E-state index in [1.807, 2.05) is 24.3 Å². The number of carbonyl (C=O) groups is 1. The summed E-state index contributed by atoms with van der Waals surface area (Å²) in [5.74, 6) is 0.499. The number of anilines is 1. The summed E-state index contributed by atoms with van der Waals surface area (Å²) in [6, 6.07) is 9.73. The molecule has 1 aliphatic carbocycles. The van der Waals surface area contributed by atoms with Crippen LogP contribution in [0.5, 0.6) is 5.75 Å². The average Bonchev–Trinajstić information content (AvgIpc) is 3.20. The van der Waals surface area contributed by atoms with E-state index in [2.05, 4.69) is 30.1 Å². The molecule has 1 unspecified atom stereocenters. The maximum atomic E-state index is 13.1. The Balaban J connectivity index is 1.88. The minimum absolute atomic E-state index is 0.0422. The monoisotopic (exact) mass is 453 g/mol. The summed E-state index contributed by atoms with van der Waals surface area (Å²) in [7, 11) is 1.59. The second-order valence-electron chi connectivity index (χ2n) is 7.61. The summed E-state index contributed by atoms with van der Waals surface area (Å²) in [6.45, 7) is 4.18. The van der Waals surface area contributed by atoms with Gasteiger partial charge in [0.15, 0.2) is 10.1 Å². The topological polar surface area (TPSA) is 105 Å². The molecule has 1 aromatic heterocycles. The minimum Gasteiger partial charge on any atom is -0.497 e. The summed E-state index contributed by atoms with van der Waals surface area (Å²) in [5, 5.41) is 19.6. The Bertz CT molecular complexity index is 1130. The van der Waals surface area contributed by atoms with Gasteiger partial charge in [-0.1, -0.05) is 49.1 Å². The number of hydrogen-bond acceptors (Lipinski definition) is 9. The highest BCUT2D eigenvalue weighted by molar-refractivity contribution is 8.01. The Morgan fingerprint density at radius 1 is 1.35 bits per heavy atom. The molecule has 0 radical (unpaired) electrons. The number of methoxy groups -OCH3 is 1. The Morgan fingerprint density at radius 2 is 2.16 bits per heavy atom. The number of nitrogens with two attached hydrogens (primary N) is 1. The van der Waals surface area contributed by atoms with Crippen LogP contribution in [0.15, 0.2) is 51.3 Å². The molecular weight excluding hydrogens is 430 g/mol. The molecule has 31 heavy (non-hydrogen) atoms. The first-order chi connectivity index (χ1) is 14.9. The van der Waals surface area contributed by atoms with Crippen LogP contribution < -0.4 is 15.4 Å². The number of Topliss-reactive ketones (excluding diaryl/α,β-unsaturated/α-hetero) is 1. The number of benzene rings is 1. The van der Waals surface area contributed by atoms with Gasteiger partial charge in [0.05, 0.1) is 24.7 Å². The van der Waals surface area contributed by atoms with Crippen LogP contribution >= 0.6 is 23.1 Å². The van der Waals surface area contributed by atoms with Crippen molar-refractivity contribution in [3.8, 4) is 11.8 Å². The number of nitriles is 1. The number of allylic oxidation sites excluding steroid dienone is 3. The maximum absolute atomic E-state index is 13.1. The largest absolute Gasteiger partial charge is 0.497 e. The molecule has 1 aromatic carbocycles. The van der Waals surface area contributed by atoms with Crippen molar-refractivity contribution < 1.29 is 9.53 Å². The standard InChI is InChI=1S/C22H23N5O2S2/c1-12(2)30-22-26-25-21(31-22)27-16-8-5-9-17(28)19(16)18(15(11-23)20(27)24)13-6-4-7-14(10-13)29-3/h4,6-7,10,12,18H,5,8-9,24H2,1-3H3. The summed E-state index contributed by atoms with van der Waals surface area (Å²) in [5.41, 5.74) is 9.16. The van der Waals surface area contributed by atoms with Gasteiger partial charge >= 0.3 is 0 Å². The van der Waals surface area contributed by atoms with Crippen molar-refractivity contribution in [3.63, 3.8) is 0 Å². The van der Waals surface area contributed by atoms with Crippen LogP contribution in [0, 0.1) is 11.3 Å². The fourth-order valence-electron chi connectivity index (χ4n) is 4.00. The first-order valence-electron chi connectivity index (χ1n) is 10.0. The van der Waals surface area contributed by atoms with E-state index < -0.39 is 5.92 Å². The summed E-state index contributed by atoms with van der Waals surface area (Å²) >= 11 is 3.04. The van der Waals surface area contributed by atoms with E-state index in [0.29, 0.717) is 45.9 Å². The molecule has 4 rings (SSSR count). The normalized spacial score (nSPS) is 19.0. The Morgan fingerprint density at radius 3 is 2.87 bits per heavy atom. The van der Waals surface area contributed by atoms with Gasteiger partial charge in [0.2, 0.25) is 5.13 Å². The van der Waals surface area contributed by atoms with Gasteiger partial charge in [-0.2, -0.15) is 5.26 Å². The lowest BCUT2D eigenvalue weighted by Gasteiger charge is -2.38. The van der Waals surface area contributed by atoms with E-state index in [0.717, 1.165) is 22.0 Å². The van der Waals surface area contributed by atoms with Crippen molar-refractivity contribution in [1.29, 1.82) is 5.26 Å². The molecule has 2 aromatic rings. The van der Waals surface area contributed by atoms with Gasteiger partial charge in [0, 0.05) is 22.9 Å². The van der Waals surface area contributed by atoms with Crippen LogP contribution in [0.25, 0.3) is 0 Å². The van der Waals surface area contributed by atoms with Gasteiger partial charge in [-0.05, 0) is 30.5 Å². The molecule has 0 bridgehead atoms. The van der Waals surface area contributed by atoms with Crippen molar-refractivity contribution in [1.82, 2.24) is 10.2 Å². The average molecular weight is 454 g/mol. The molecule has 0 spiro atoms. The zero-order chi connectivity index (χ0) is 22.1. The molecule has 0 saturated carbocycles. The lowest BCUT2D eigenvalue weighted by Crippen LogP contribution is -2.38. The van der Waals surface area contributed by atoms with E-state index in [1.165, 1.54) is 11.3 Å². The van der Waals surface area contributed by atoms with Crippen molar-refractivity contribution in [2.24, 2.45) is 5.73 Å². The third-order valence-electron chi connectivity index (χ3n) is 5.26. The lowest BCUT2D eigenvalue weighted by atomic mass is 9.76. The number of aromatic nitrogens is 2. The highest BCUT2D eigenvalue weighted by Gasteiger charge is 2.41. The van der Waals surface area contributed by atoms with Gasteiger partial charge in [-0.15, -0.1) is 10.2 Å². The van der Waals surface area contributed by atoms with Crippen molar-refractivity contribution >= 4 is 34.0 Å². The first-order valence-corrected chi connectivity index (χ1v) is 11.7. The third-order valence-corrected chi connectivity index (χ3v) is 7.26. The van der Waals surface area contributed by atoms with Crippen molar-refractivity contribution in [2.75, 3.05) is 12.0 Å². The quantitative estimate of drug-likeness (QED) is 0.666. The van der Waals surface area contributed by atoms with Crippen molar-refractivity contribution in [2.45, 2.75) is 48.6 Å². The van der Waals surface area contributed by atoms with Crippen LogP contribution in [-0.4, -0.2) is 28.3 Å². The smallest absolute Gasteiger partial charge is 0.219 e. The number of thioether (sulfide) groups is 1. The predicted molar refractivity (Wildman–Crippen MR) is 122 cm³/mol. The highest BCUT2D eigenvalue weighted by Crippen LogP contribution is 2.47. The lowest BCUT2D eigenvalue weighted by molar-refractivity contribution is -0.116. The minimum atomic E-state index is -0.517. The van der Waals surface area contributed by atoms with E-state index in [9.17, 15) is 10.1 Å². The molecule has 0 fully saturated rings.